The van der Waals surface area contributed by atoms with Crippen LogP contribution in [-0.2, 0) is 0 Å². The van der Waals surface area contributed by atoms with Crippen molar-refractivity contribution >= 4 is 0 Å². The first-order valence-electron chi connectivity index (χ1n) is 7.07. The Bertz CT molecular complexity index is 824. The van der Waals surface area contributed by atoms with Gasteiger partial charge in [-0.25, -0.2) is 0 Å². The molecule has 0 radical (unpaired) electrons. The van der Waals surface area contributed by atoms with Gasteiger partial charge in [-0.1, -0.05) is 30.3 Å². The average molecular weight is 288 g/mol. The molecule has 3 rings (SSSR count). The fourth-order valence-electron chi connectivity index (χ4n) is 2.60. The van der Waals surface area contributed by atoms with E-state index in [4.69, 9.17) is 4.74 Å². The highest BCUT2D eigenvalue weighted by Crippen LogP contribution is 2.33. The largest absolute Gasteiger partial charge is 0.497 e. The Balaban J connectivity index is 2.14. The van der Waals surface area contributed by atoms with Crippen molar-refractivity contribution in [1.82, 2.24) is 4.98 Å². The Morgan fingerprint density at radius 2 is 1.55 bits per heavy atom. The van der Waals surface area contributed by atoms with Gasteiger partial charge in [-0.3, -0.25) is 0 Å². The smallest absolute Gasteiger partial charge is 0.118 e. The summed E-state index contributed by atoms with van der Waals surface area (Å²) in [7, 11) is 1.64. The molecule has 3 aromatic rings. The maximum atomic E-state index is 9.53. The minimum Gasteiger partial charge on any atom is -0.497 e. The number of aromatic amines is 1. The highest BCUT2D eigenvalue weighted by atomic mass is 16.5. The van der Waals surface area contributed by atoms with Crippen molar-refractivity contribution in [3.05, 3.63) is 65.7 Å². The number of nitrogens with zero attached hydrogens (tertiary/aromatic N) is 1. The molecule has 0 atom stereocenters. The standard InChI is InChI=1S/C19H16N2O/c1-13-17(12-20)19(15-8-10-16(22-2)11-9-15)21-18(13)14-6-4-3-5-7-14/h3-11,21H,1-2H3. The van der Waals surface area contributed by atoms with Crippen LogP contribution in [0.3, 0.4) is 0 Å². The van der Waals surface area contributed by atoms with Crippen LogP contribution in [-0.4, -0.2) is 12.1 Å². The minimum atomic E-state index is 0.684. The first-order chi connectivity index (χ1) is 10.7. The van der Waals surface area contributed by atoms with Crippen LogP contribution in [0.4, 0.5) is 0 Å². The first kappa shape index (κ1) is 14.0. The summed E-state index contributed by atoms with van der Waals surface area (Å²) in [6, 6.07) is 20.1. The summed E-state index contributed by atoms with van der Waals surface area (Å²) in [5.74, 6) is 0.800. The number of rotatable bonds is 3. The molecule has 1 aromatic heterocycles. The predicted molar refractivity (Wildman–Crippen MR) is 87.7 cm³/mol. The molecule has 0 fully saturated rings. The molecule has 0 saturated carbocycles. The second-order valence-electron chi connectivity index (χ2n) is 5.08. The predicted octanol–water partition coefficient (Wildman–Crippen LogP) is 4.54. The molecule has 1 N–H and O–H groups in total. The molecule has 0 aliphatic carbocycles. The van der Waals surface area contributed by atoms with E-state index in [0.29, 0.717) is 5.56 Å². The molecule has 0 amide bonds. The highest BCUT2D eigenvalue weighted by molar-refractivity contribution is 5.78. The maximum Gasteiger partial charge on any atom is 0.118 e. The number of hydrogen-bond acceptors (Lipinski definition) is 2. The van der Waals surface area contributed by atoms with Crippen LogP contribution in [0.1, 0.15) is 11.1 Å². The molecule has 0 aliphatic heterocycles. The van der Waals surface area contributed by atoms with Gasteiger partial charge in [0, 0.05) is 0 Å². The normalized spacial score (nSPS) is 10.2. The Morgan fingerprint density at radius 1 is 0.909 bits per heavy atom. The van der Waals surface area contributed by atoms with Crippen molar-refractivity contribution in [2.45, 2.75) is 6.92 Å². The fraction of sp³-hybridized carbons (Fsp3) is 0.105. The number of nitrogens with one attached hydrogen (secondary N) is 1. The van der Waals surface area contributed by atoms with Gasteiger partial charge in [-0.2, -0.15) is 5.26 Å². The van der Waals surface area contributed by atoms with Gasteiger partial charge < -0.3 is 9.72 Å². The molecule has 0 spiro atoms. The summed E-state index contributed by atoms with van der Waals surface area (Å²) in [5.41, 5.74) is 5.55. The summed E-state index contributed by atoms with van der Waals surface area (Å²) in [4.78, 5) is 3.41. The van der Waals surface area contributed by atoms with E-state index in [9.17, 15) is 5.26 Å². The molecule has 0 saturated heterocycles. The zero-order valence-corrected chi connectivity index (χ0v) is 12.6. The summed E-state index contributed by atoms with van der Waals surface area (Å²) in [6.07, 6.45) is 0. The lowest BCUT2D eigenvalue weighted by molar-refractivity contribution is 0.415. The van der Waals surface area contributed by atoms with Gasteiger partial charge in [0.25, 0.3) is 0 Å². The Labute approximate surface area is 129 Å². The molecule has 0 unspecified atom stereocenters. The Hall–Kier alpha value is -2.99. The van der Waals surface area contributed by atoms with Crippen molar-refractivity contribution in [2.24, 2.45) is 0 Å². The van der Waals surface area contributed by atoms with Crippen LogP contribution >= 0.6 is 0 Å². The van der Waals surface area contributed by atoms with Crippen LogP contribution in [0.15, 0.2) is 54.6 Å². The minimum absolute atomic E-state index is 0.684. The Morgan fingerprint density at radius 3 is 2.14 bits per heavy atom. The van der Waals surface area contributed by atoms with Gasteiger partial charge >= 0.3 is 0 Å². The third-order valence-electron chi connectivity index (χ3n) is 3.80. The van der Waals surface area contributed by atoms with Crippen LogP contribution in [0.25, 0.3) is 22.5 Å². The topological polar surface area (TPSA) is 48.8 Å². The van der Waals surface area contributed by atoms with Crippen molar-refractivity contribution in [3.8, 4) is 34.3 Å². The van der Waals surface area contributed by atoms with E-state index >= 15 is 0 Å². The number of ether oxygens (including phenoxy) is 1. The van der Waals surface area contributed by atoms with Gasteiger partial charge in [-0.05, 0) is 47.9 Å². The molecule has 108 valence electrons. The zero-order valence-electron chi connectivity index (χ0n) is 12.6. The number of H-pyrrole nitrogens is 1. The lowest BCUT2D eigenvalue weighted by atomic mass is 10.0. The van der Waals surface area contributed by atoms with Gasteiger partial charge in [-0.15, -0.1) is 0 Å². The third kappa shape index (κ3) is 2.36. The highest BCUT2D eigenvalue weighted by Gasteiger charge is 2.16. The van der Waals surface area contributed by atoms with E-state index in [1.54, 1.807) is 7.11 Å². The van der Waals surface area contributed by atoms with Crippen molar-refractivity contribution < 1.29 is 4.74 Å². The number of methoxy groups -OCH3 is 1. The summed E-state index contributed by atoms with van der Waals surface area (Å²) in [6.45, 7) is 1.98. The summed E-state index contributed by atoms with van der Waals surface area (Å²) < 4.78 is 5.18. The number of nitriles is 1. The van der Waals surface area contributed by atoms with Crippen molar-refractivity contribution in [2.75, 3.05) is 7.11 Å². The van der Waals surface area contributed by atoms with E-state index in [-0.39, 0.29) is 0 Å². The van der Waals surface area contributed by atoms with E-state index in [0.717, 1.165) is 33.8 Å². The zero-order chi connectivity index (χ0) is 15.5. The van der Waals surface area contributed by atoms with Crippen LogP contribution in [0.2, 0.25) is 0 Å². The molecule has 22 heavy (non-hydrogen) atoms. The van der Waals surface area contributed by atoms with Crippen LogP contribution < -0.4 is 4.74 Å². The van der Waals surface area contributed by atoms with Gasteiger partial charge in [0.15, 0.2) is 0 Å². The molecule has 1 heterocycles. The lowest BCUT2D eigenvalue weighted by Crippen LogP contribution is -1.85. The van der Waals surface area contributed by atoms with E-state index in [2.05, 4.69) is 11.1 Å². The maximum absolute atomic E-state index is 9.53. The van der Waals surface area contributed by atoms with E-state index in [1.165, 1.54) is 0 Å². The third-order valence-corrected chi connectivity index (χ3v) is 3.80. The van der Waals surface area contributed by atoms with Gasteiger partial charge in [0.1, 0.15) is 11.8 Å². The molecule has 3 heteroatoms. The molecule has 0 bridgehead atoms. The second kappa shape index (κ2) is 5.79. The lowest BCUT2D eigenvalue weighted by Gasteiger charge is -2.02. The number of benzene rings is 2. The number of aromatic nitrogens is 1. The van der Waals surface area contributed by atoms with Crippen LogP contribution in [0.5, 0.6) is 5.75 Å². The second-order valence-corrected chi connectivity index (χ2v) is 5.08. The Kier molecular flexibility index (Phi) is 3.67. The monoisotopic (exact) mass is 288 g/mol. The SMILES string of the molecule is COc1ccc(-c2[nH]c(-c3ccccc3)c(C)c2C#N)cc1. The van der Waals surface area contributed by atoms with Crippen molar-refractivity contribution in [1.29, 1.82) is 5.26 Å². The molecule has 0 aliphatic rings. The van der Waals surface area contributed by atoms with E-state index in [1.807, 2.05) is 61.5 Å². The van der Waals surface area contributed by atoms with Gasteiger partial charge in [0.2, 0.25) is 0 Å². The van der Waals surface area contributed by atoms with Crippen molar-refractivity contribution in [3.63, 3.8) is 0 Å². The first-order valence-corrected chi connectivity index (χ1v) is 7.07. The molecular formula is C19H16N2O. The fourth-order valence-corrected chi connectivity index (χ4v) is 2.60. The van der Waals surface area contributed by atoms with Crippen LogP contribution in [0, 0.1) is 18.3 Å². The quantitative estimate of drug-likeness (QED) is 0.769. The summed E-state index contributed by atoms with van der Waals surface area (Å²) >= 11 is 0. The summed E-state index contributed by atoms with van der Waals surface area (Å²) in [5, 5.41) is 9.53. The average Bonchev–Trinajstić information content (AvgIpc) is 2.92. The van der Waals surface area contributed by atoms with E-state index < -0.39 is 0 Å². The molecular weight excluding hydrogens is 272 g/mol. The molecule has 2 aromatic carbocycles. The van der Waals surface area contributed by atoms with Gasteiger partial charge in [0.05, 0.1) is 24.1 Å². The number of hydrogen-bond donors (Lipinski definition) is 1. The molecule has 3 nitrogen and oxygen atoms in total.